The average Bonchev–Trinajstić information content (AvgIpc) is 2.47. The van der Waals surface area contributed by atoms with Crippen LogP contribution in [-0.4, -0.2) is 17.4 Å². The van der Waals surface area contributed by atoms with Crippen LogP contribution in [0.25, 0.3) is 0 Å². The van der Waals surface area contributed by atoms with Crippen molar-refractivity contribution < 1.29 is 4.79 Å². The third-order valence-electron chi connectivity index (χ3n) is 3.16. The Labute approximate surface area is 134 Å². The zero-order valence-electron chi connectivity index (χ0n) is 11.6. The molecule has 2 rings (SSSR count). The summed E-state index contributed by atoms with van der Waals surface area (Å²) in [6.07, 6.45) is 0. The number of hydrogen-bond acceptors (Lipinski definition) is 2. The second-order valence-electron chi connectivity index (χ2n) is 4.69. The van der Waals surface area contributed by atoms with Gasteiger partial charge in [0.2, 0.25) is 0 Å². The molecule has 0 fully saturated rings. The lowest BCUT2D eigenvalue weighted by Gasteiger charge is -2.21. The first kappa shape index (κ1) is 15.7. The molecule has 0 saturated carbocycles. The highest BCUT2D eigenvalue weighted by Crippen LogP contribution is 2.23. The van der Waals surface area contributed by atoms with Crippen LogP contribution in [0.4, 0.5) is 5.69 Å². The third-order valence-corrected chi connectivity index (χ3v) is 3.90. The summed E-state index contributed by atoms with van der Waals surface area (Å²) >= 11 is 11.8. The van der Waals surface area contributed by atoms with Crippen LogP contribution < -0.4 is 5.73 Å². The average molecular weight is 323 g/mol. The fourth-order valence-corrected chi connectivity index (χ4v) is 2.35. The molecule has 0 saturated heterocycles. The first-order chi connectivity index (χ1) is 10.0. The number of carbonyl (C=O) groups excluding carboxylic acids is 1. The normalized spacial score (nSPS) is 10.4. The van der Waals surface area contributed by atoms with Gasteiger partial charge in [0, 0.05) is 24.3 Å². The van der Waals surface area contributed by atoms with E-state index in [4.69, 9.17) is 28.9 Å². The number of carbonyl (C=O) groups is 1. The quantitative estimate of drug-likeness (QED) is 0.856. The first-order valence-electron chi connectivity index (χ1n) is 6.60. The molecule has 2 N–H and O–H groups in total. The minimum atomic E-state index is -0.0847. The maximum atomic E-state index is 12.5. The molecule has 0 unspecified atom stereocenters. The van der Waals surface area contributed by atoms with Gasteiger partial charge in [-0.2, -0.15) is 0 Å². The number of amides is 1. The number of benzene rings is 2. The van der Waals surface area contributed by atoms with Crippen LogP contribution in [0.15, 0.2) is 42.5 Å². The van der Waals surface area contributed by atoms with Crippen molar-refractivity contribution in [1.82, 2.24) is 4.90 Å². The first-order valence-corrected chi connectivity index (χ1v) is 7.35. The molecule has 0 aliphatic rings. The largest absolute Gasteiger partial charge is 0.399 e. The molecule has 21 heavy (non-hydrogen) atoms. The van der Waals surface area contributed by atoms with E-state index in [1.54, 1.807) is 23.1 Å². The van der Waals surface area contributed by atoms with Gasteiger partial charge in [-0.15, -0.1) is 0 Å². The molecule has 1 amide bonds. The topological polar surface area (TPSA) is 46.3 Å². The van der Waals surface area contributed by atoms with Crippen molar-refractivity contribution in [2.24, 2.45) is 0 Å². The molecule has 0 aliphatic carbocycles. The Bertz CT molecular complexity index is 658. The summed E-state index contributed by atoms with van der Waals surface area (Å²) in [4.78, 5) is 14.3. The zero-order valence-corrected chi connectivity index (χ0v) is 13.2. The second-order valence-corrected chi connectivity index (χ2v) is 5.51. The highest BCUT2D eigenvalue weighted by molar-refractivity contribution is 6.42. The number of nitrogen functional groups attached to an aromatic ring is 1. The molecule has 2 aromatic rings. The van der Waals surface area contributed by atoms with Crippen molar-refractivity contribution in [3.05, 3.63) is 63.6 Å². The Morgan fingerprint density at radius 1 is 1.14 bits per heavy atom. The summed E-state index contributed by atoms with van der Waals surface area (Å²) in [7, 11) is 0. The predicted molar refractivity (Wildman–Crippen MR) is 87.7 cm³/mol. The van der Waals surface area contributed by atoms with Crippen molar-refractivity contribution in [2.75, 3.05) is 12.3 Å². The van der Waals surface area contributed by atoms with Gasteiger partial charge in [-0.1, -0.05) is 35.3 Å². The molecule has 0 atom stereocenters. The highest BCUT2D eigenvalue weighted by Gasteiger charge is 2.15. The van der Waals surface area contributed by atoms with Crippen LogP contribution in [0.2, 0.25) is 10.0 Å². The van der Waals surface area contributed by atoms with E-state index < -0.39 is 0 Å². The second kappa shape index (κ2) is 6.83. The number of nitrogens with zero attached hydrogens (tertiary/aromatic N) is 1. The molecule has 110 valence electrons. The minimum absolute atomic E-state index is 0.0847. The Kier molecular flexibility index (Phi) is 5.10. The monoisotopic (exact) mass is 322 g/mol. The lowest BCUT2D eigenvalue weighted by Crippen LogP contribution is -2.30. The van der Waals surface area contributed by atoms with Crippen molar-refractivity contribution in [2.45, 2.75) is 13.5 Å². The SMILES string of the molecule is CCN(Cc1cccc(N)c1)C(=O)c1ccc(Cl)c(Cl)c1. The Balaban J connectivity index is 2.20. The molecular formula is C16H16Cl2N2O. The summed E-state index contributed by atoms with van der Waals surface area (Å²) < 4.78 is 0. The summed E-state index contributed by atoms with van der Waals surface area (Å²) in [6, 6.07) is 12.4. The molecule has 0 heterocycles. The van der Waals surface area contributed by atoms with Gasteiger partial charge in [-0.05, 0) is 42.8 Å². The minimum Gasteiger partial charge on any atom is -0.399 e. The van der Waals surface area contributed by atoms with E-state index in [0.29, 0.717) is 34.4 Å². The van der Waals surface area contributed by atoms with Crippen molar-refractivity contribution >= 4 is 34.8 Å². The van der Waals surface area contributed by atoms with E-state index >= 15 is 0 Å². The number of rotatable bonds is 4. The standard InChI is InChI=1S/C16H16Cl2N2O/c1-2-20(10-11-4-3-5-13(19)8-11)16(21)12-6-7-14(17)15(18)9-12/h3-9H,2,10,19H2,1H3. The third kappa shape index (κ3) is 3.90. The molecule has 0 radical (unpaired) electrons. The predicted octanol–water partition coefficient (Wildman–Crippen LogP) is 4.24. The number of hydrogen-bond donors (Lipinski definition) is 1. The van der Waals surface area contributed by atoms with Gasteiger partial charge >= 0.3 is 0 Å². The molecule has 5 heteroatoms. The molecule has 2 aromatic carbocycles. The van der Waals surface area contributed by atoms with Crippen LogP contribution in [0.1, 0.15) is 22.8 Å². The molecule has 0 aliphatic heterocycles. The molecule has 0 bridgehead atoms. The van der Waals surface area contributed by atoms with Gasteiger partial charge in [0.05, 0.1) is 10.0 Å². The van der Waals surface area contributed by atoms with Gasteiger partial charge in [-0.25, -0.2) is 0 Å². The van der Waals surface area contributed by atoms with Crippen LogP contribution in [0, 0.1) is 0 Å². The van der Waals surface area contributed by atoms with E-state index in [9.17, 15) is 4.79 Å². The van der Waals surface area contributed by atoms with E-state index in [2.05, 4.69) is 0 Å². The fourth-order valence-electron chi connectivity index (χ4n) is 2.05. The van der Waals surface area contributed by atoms with Crippen molar-refractivity contribution in [3.63, 3.8) is 0 Å². The Morgan fingerprint density at radius 3 is 2.52 bits per heavy atom. The fraction of sp³-hybridized carbons (Fsp3) is 0.188. The molecule has 0 aromatic heterocycles. The van der Waals surface area contributed by atoms with Gasteiger partial charge in [0.25, 0.3) is 5.91 Å². The Morgan fingerprint density at radius 2 is 1.90 bits per heavy atom. The van der Waals surface area contributed by atoms with Crippen LogP contribution >= 0.6 is 23.2 Å². The smallest absolute Gasteiger partial charge is 0.254 e. The highest BCUT2D eigenvalue weighted by atomic mass is 35.5. The maximum absolute atomic E-state index is 12.5. The summed E-state index contributed by atoms with van der Waals surface area (Å²) in [6.45, 7) is 3.02. The molecular weight excluding hydrogens is 307 g/mol. The summed E-state index contributed by atoms with van der Waals surface area (Å²) in [5, 5.41) is 0.814. The van der Waals surface area contributed by atoms with Crippen LogP contribution in [-0.2, 0) is 6.54 Å². The lowest BCUT2D eigenvalue weighted by atomic mass is 10.1. The molecule has 0 spiro atoms. The number of anilines is 1. The van der Waals surface area contributed by atoms with E-state index in [-0.39, 0.29) is 5.91 Å². The maximum Gasteiger partial charge on any atom is 0.254 e. The Hall–Kier alpha value is -1.71. The summed E-state index contributed by atoms with van der Waals surface area (Å²) in [5.41, 5.74) is 7.96. The van der Waals surface area contributed by atoms with Crippen LogP contribution in [0.5, 0.6) is 0 Å². The number of nitrogens with two attached hydrogens (primary N) is 1. The van der Waals surface area contributed by atoms with Gasteiger partial charge in [0.15, 0.2) is 0 Å². The van der Waals surface area contributed by atoms with Crippen molar-refractivity contribution in [1.29, 1.82) is 0 Å². The van der Waals surface area contributed by atoms with E-state index in [1.165, 1.54) is 0 Å². The summed E-state index contributed by atoms with van der Waals surface area (Å²) in [5.74, 6) is -0.0847. The van der Waals surface area contributed by atoms with E-state index in [0.717, 1.165) is 5.56 Å². The van der Waals surface area contributed by atoms with E-state index in [1.807, 2.05) is 31.2 Å². The number of halogens is 2. The van der Waals surface area contributed by atoms with Gasteiger partial charge < -0.3 is 10.6 Å². The van der Waals surface area contributed by atoms with Crippen LogP contribution in [0.3, 0.4) is 0 Å². The zero-order chi connectivity index (χ0) is 15.4. The van der Waals surface area contributed by atoms with Crippen molar-refractivity contribution in [3.8, 4) is 0 Å². The van der Waals surface area contributed by atoms with Gasteiger partial charge in [-0.3, -0.25) is 4.79 Å². The lowest BCUT2D eigenvalue weighted by molar-refractivity contribution is 0.0752. The van der Waals surface area contributed by atoms with Gasteiger partial charge in [0.1, 0.15) is 0 Å². The molecule has 3 nitrogen and oxygen atoms in total.